The lowest BCUT2D eigenvalue weighted by Gasteiger charge is -2.31. The summed E-state index contributed by atoms with van der Waals surface area (Å²) in [5.74, 6) is 0.920. The third-order valence-corrected chi connectivity index (χ3v) is 10.4. The van der Waals surface area contributed by atoms with Crippen LogP contribution in [0.25, 0.3) is 16.7 Å². The Morgan fingerprint density at radius 1 is 0.915 bits per heavy atom. The standard InChI is InChI=1S/C36H39N5O5S/c1-24-5-12-29(13-6-24)41-33(23-32(39-41)36(2,3)4)38-35(43)37-28-10-7-25(8-11-28)21-26-17-19-40(20-18-26)47(44,45)30-14-15-31-27(22-30)9-16-34(42)46-31/h5-16,22-23,26H,17-21H2,1-4H3,(H2,37,38,43). The van der Waals surface area contributed by atoms with Crippen molar-refractivity contribution in [2.45, 2.75) is 57.3 Å². The molecule has 0 atom stereocenters. The van der Waals surface area contributed by atoms with E-state index in [1.807, 2.05) is 61.5 Å². The molecule has 0 radical (unpaired) electrons. The van der Waals surface area contributed by atoms with Crippen molar-refractivity contribution < 1.29 is 17.6 Å². The maximum absolute atomic E-state index is 13.3. The van der Waals surface area contributed by atoms with E-state index in [0.717, 1.165) is 41.8 Å². The highest BCUT2D eigenvalue weighted by Crippen LogP contribution is 2.29. The van der Waals surface area contributed by atoms with Gasteiger partial charge in [0.1, 0.15) is 11.4 Å². The van der Waals surface area contributed by atoms with Crippen LogP contribution in [0, 0.1) is 12.8 Å². The highest BCUT2D eigenvalue weighted by Gasteiger charge is 2.30. The molecule has 6 rings (SSSR count). The Kier molecular flexibility index (Phi) is 8.78. The van der Waals surface area contributed by atoms with Crippen LogP contribution in [0.15, 0.2) is 99.0 Å². The highest BCUT2D eigenvalue weighted by molar-refractivity contribution is 7.89. The summed E-state index contributed by atoms with van der Waals surface area (Å²) in [6, 6.07) is 24.7. The van der Waals surface area contributed by atoms with Gasteiger partial charge in [-0.2, -0.15) is 9.40 Å². The number of urea groups is 1. The van der Waals surface area contributed by atoms with Crippen LogP contribution in [0.3, 0.4) is 0 Å². The number of aryl methyl sites for hydroxylation is 1. The van der Waals surface area contributed by atoms with Crippen molar-refractivity contribution in [1.29, 1.82) is 0 Å². The molecule has 0 aliphatic carbocycles. The van der Waals surface area contributed by atoms with Crippen molar-refractivity contribution >= 4 is 38.5 Å². The zero-order chi connectivity index (χ0) is 33.3. The van der Waals surface area contributed by atoms with Crippen molar-refractivity contribution in [1.82, 2.24) is 14.1 Å². The van der Waals surface area contributed by atoms with Gasteiger partial charge in [-0.1, -0.05) is 50.6 Å². The van der Waals surface area contributed by atoms with Crippen LogP contribution < -0.4 is 16.3 Å². The molecule has 3 heterocycles. The number of benzene rings is 3. The van der Waals surface area contributed by atoms with E-state index in [4.69, 9.17) is 9.52 Å². The quantitative estimate of drug-likeness (QED) is 0.185. The Morgan fingerprint density at radius 2 is 1.62 bits per heavy atom. The average molecular weight is 654 g/mol. The monoisotopic (exact) mass is 653 g/mol. The van der Waals surface area contributed by atoms with Gasteiger partial charge < -0.3 is 9.73 Å². The van der Waals surface area contributed by atoms with Crippen LogP contribution in [0.5, 0.6) is 0 Å². The molecule has 2 N–H and O–H groups in total. The summed E-state index contributed by atoms with van der Waals surface area (Å²) in [5, 5.41) is 11.2. The number of nitrogens with zero attached hydrogens (tertiary/aromatic N) is 3. The number of carbonyl (C=O) groups is 1. The topological polar surface area (TPSA) is 127 Å². The largest absolute Gasteiger partial charge is 0.423 e. The second-order valence-electron chi connectivity index (χ2n) is 13.2. The summed E-state index contributed by atoms with van der Waals surface area (Å²) in [5.41, 5.74) is 4.35. The number of amides is 2. The first kappa shape index (κ1) is 32.2. The van der Waals surface area contributed by atoms with E-state index in [-0.39, 0.29) is 16.3 Å². The van der Waals surface area contributed by atoms with E-state index in [9.17, 15) is 18.0 Å². The molecule has 5 aromatic rings. The average Bonchev–Trinajstić information content (AvgIpc) is 3.46. The molecule has 1 aliphatic heterocycles. The highest BCUT2D eigenvalue weighted by atomic mass is 32.2. The van der Waals surface area contributed by atoms with Gasteiger partial charge in [0.2, 0.25) is 10.0 Å². The SMILES string of the molecule is Cc1ccc(-n2nc(C(C)(C)C)cc2NC(=O)Nc2ccc(CC3CCN(S(=O)(=O)c4ccc5oc(=O)ccc5c4)CC3)cc2)cc1. The molecular weight excluding hydrogens is 614 g/mol. The Morgan fingerprint density at radius 3 is 2.30 bits per heavy atom. The number of anilines is 2. The molecular formula is C36H39N5O5S. The van der Waals surface area contributed by atoms with Crippen LogP contribution in [0.2, 0.25) is 0 Å². The van der Waals surface area contributed by atoms with Crippen molar-refractivity contribution in [3.63, 3.8) is 0 Å². The Hall–Kier alpha value is -4.74. The fraction of sp³-hybridized carbons (Fsp3) is 0.306. The van der Waals surface area contributed by atoms with Crippen molar-refractivity contribution in [2.24, 2.45) is 5.92 Å². The minimum atomic E-state index is -3.66. The molecule has 2 aromatic heterocycles. The summed E-state index contributed by atoms with van der Waals surface area (Å²) in [4.78, 5) is 24.7. The lowest BCUT2D eigenvalue weighted by Crippen LogP contribution is -2.38. The van der Waals surface area contributed by atoms with Crippen LogP contribution >= 0.6 is 0 Å². The molecule has 1 saturated heterocycles. The second kappa shape index (κ2) is 12.8. The zero-order valence-corrected chi connectivity index (χ0v) is 27.8. The van der Waals surface area contributed by atoms with Crippen molar-refractivity contribution in [3.8, 4) is 5.69 Å². The summed E-state index contributed by atoms with van der Waals surface area (Å²) < 4.78 is 35.1. The Balaban J connectivity index is 1.05. The van der Waals surface area contributed by atoms with Crippen LogP contribution in [-0.4, -0.2) is 41.6 Å². The minimum absolute atomic E-state index is 0.192. The van der Waals surface area contributed by atoms with E-state index in [0.29, 0.717) is 41.5 Å². The van der Waals surface area contributed by atoms with E-state index in [1.54, 1.807) is 16.8 Å². The van der Waals surface area contributed by atoms with Gasteiger partial charge in [-0.15, -0.1) is 0 Å². The van der Waals surface area contributed by atoms with Gasteiger partial charge in [0.05, 0.1) is 16.3 Å². The normalized spacial score (nSPS) is 14.7. The molecule has 10 nitrogen and oxygen atoms in total. The van der Waals surface area contributed by atoms with Gasteiger partial charge in [0.25, 0.3) is 0 Å². The lowest BCUT2D eigenvalue weighted by molar-refractivity contribution is 0.262. The van der Waals surface area contributed by atoms with Crippen LogP contribution in [-0.2, 0) is 21.9 Å². The number of fused-ring (bicyclic) bond motifs is 1. The maximum atomic E-state index is 13.3. The lowest BCUT2D eigenvalue weighted by atomic mass is 9.91. The number of rotatable bonds is 7. The third-order valence-electron chi connectivity index (χ3n) is 8.54. The first-order valence-electron chi connectivity index (χ1n) is 15.7. The molecule has 0 bridgehead atoms. The predicted molar refractivity (Wildman–Crippen MR) is 184 cm³/mol. The second-order valence-corrected chi connectivity index (χ2v) is 15.1. The first-order chi connectivity index (χ1) is 22.3. The molecule has 1 fully saturated rings. The van der Waals surface area contributed by atoms with E-state index in [2.05, 4.69) is 31.4 Å². The summed E-state index contributed by atoms with van der Waals surface area (Å²) in [7, 11) is -3.66. The van der Waals surface area contributed by atoms with Gasteiger partial charge in [-0.05, 0) is 86.2 Å². The fourth-order valence-electron chi connectivity index (χ4n) is 5.77. The molecule has 0 spiro atoms. The number of nitrogens with one attached hydrogen (secondary N) is 2. The number of carbonyl (C=O) groups excluding carboxylic acids is 1. The molecule has 2 amide bonds. The first-order valence-corrected chi connectivity index (χ1v) is 17.2. The molecule has 244 valence electrons. The predicted octanol–water partition coefficient (Wildman–Crippen LogP) is 6.87. The van der Waals surface area contributed by atoms with E-state index in [1.165, 1.54) is 22.5 Å². The van der Waals surface area contributed by atoms with Crippen LogP contribution in [0.1, 0.15) is 50.4 Å². The fourth-order valence-corrected chi connectivity index (χ4v) is 7.27. The third kappa shape index (κ3) is 7.31. The van der Waals surface area contributed by atoms with Gasteiger partial charge in [-0.25, -0.2) is 22.7 Å². The van der Waals surface area contributed by atoms with Gasteiger partial charge in [0, 0.05) is 41.7 Å². The number of sulfonamides is 1. The Labute approximate surface area is 274 Å². The molecule has 3 aromatic carbocycles. The molecule has 1 aliphatic rings. The summed E-state index contributed by atoms with van der Waals surface area (Å²) in [6.07, 6.45) is 2.31. The van der Waals surface area contributed by atoms with Crippen LogP contribution in [0.4, 0.5) is 16.3 Å². The molecule has 0 unspecified atom stereocenters. The van der Waals surface area contributed by atoms with Gasteiger partial charge >= 0.3 is 11.7 Å². The van der Waals surface area contributed by atoms with Crippen molar-refractivity contribution in [3.05, 3.63) is 112 Å². The smallest absolute Gasteiger partial charge is 0.336 e. The number of piperidine rings is 1. The molecule has 47 heavy (non-hydrogen) atoms. The minimum Gasteiger partial charge on any atom is -0.423 e. The number of aromatic nitrogens is 2. The molecule has 0 saturated carbocycles. The molecule has 11 heteroatoms. The van der Waals surface area contributed by atoms with Crippen molar-refractivity contribution in [2.75, 3.05) is 23.7 Å². The van der Waals surface area contributed by atoms with E-state index < -0.39 is 15.6 Å². The maximum Gasteiger partial charge on any atom is 0.336 e. The zero-order valence-electron chi connectivity index (χ0n) is 27.0. The summed E-state index contributed by atoms with van der Waals surface area (Å²) >= 11 is 0. The number of hydrogen-bond acceptors (Lipinski definition) is 6. The van der Waals surface area contributed by atoms with E-state index >= 15 is 0 Å². The number of hydrogen-bond donors (Lipinski definition) is 2. The van der Waals surface area contributed by atoms with Gasteiger partial charge in [-0.3, -0.25) is 5.32 Å². The van der Waals surface area contributed by atoms with Gasteiger partial charge in [0.15, 0.2) is 0 Å². The Bertz CT molecular complexity index is 2070. The summed E-state index contributed by atoms with van der Waals surface area (Å²) in [6.45, 7) is 9.15.